The number of hydrogen-bond donors (Lipinski definition) is 1. The van der Waals surface area contributed by atoms with Crippen molar-refractivity contribution >= 4 is 12.2 Å². The van der Waals surface area contributed by atoms with E-state index in [1.807, 2.05) is 30.3 Å². The van der Waals surface area contributed by atoms with Gasteiger partial charge in [0.1, 0.15) is 18.4 Å². The highest BCUT2D eigenvalue weighted by Gasteiger charge is 2.51. The van der Waals surface area contributed by atoms with Gasteiger partial charge in [-0.2, -0.15) is 0 Å². The number of fused-ring (bicyclic) bond motifs is 2. The summed E-state index contributed by atoms with van der Waals surface area (Å²) in [5.74, 6) is 0. The second-order valence-electron chi connectivity index (χ2n) is 8.18. The van der Waals surface area contributed by atoms with Gasteiger partial charge in [-0.3, -0.25) is 4.90 Å². The van der Waals surface area contributed by atoms with E-state index in [9.17, 15) is 14.0 Å². The Morgan fingerprint density at radius 1 is 1.22 bits per heavy atom. The molecular weight excluding hydrogens is 351 g/mol. The third-order valence-corrected chi connectivity index (χ3v) is 4.94. The zero-order valence-electron chi connectivity index (χ0n) is 16.0. The quantitative estimate of drug-likeness (QED) is 0.869. The fourth-order valence-electron chi connectivity index (χ4n) is 3.80. The van der Waals surface area contributed by atoms with E-state index in [1.54, 1.807) is 20.8 Å². The molecule has 0 saturated carbocycles. The number of nitrogens with one attached hydrogen (secondary N) is 1. The highest BCUT2D eigenvalue weighted by atomic mass is 19.1. The summed E-state index contributed by atoms with van der Waals surface area (Å²) >= 11 is 0. The SMILES string of the molecule is CC(C)(C)OC(=O)N1C2CCC1C(F)C(NC(=O)OCc1ccccc1)C2. The van der Waals surface area contributed by atoms with Crippen LogP contribution in [-0.4, -0.2) is 47.0 Å². The Bertz CT molecular complexity index is 676. The van der Waals surface area contributed by atoms with Gasteiger partial charge in [0.05, 0.1) is 12.1 Å². The number of hydrogen-bond acceptors (Lipinski definition) is 4. The maximum absolute atomic E-state index is 15.0. The van der Waals surface area contributed by atoms with Gasteiger partial charge in [0.25, 0.3) is 0 Å². The number of amides is 2. The number of carbonyl (C=O) groups is 2. The lowest BCUT2D eigenvalue weighted by Crippen LogP contribution is -2.60. The van der Waals surface area contributed by atoms with Gasteiger partial charge in [-0.05, 0) is 45.6 Å². The molecule has 148 valence electrons. The Hall–Kier alpha value is -2.31. The molecule has 0 aromatic heterocycles. The van der Waals surface area contributed by atoms with E-state index in [0.717, 1.165) is 5.56 Å². The van der Waals surface area contributed by atoms with Gasteiger partial charge in [0.15, 0.2) is 0 Å². The van der Waals surface area contributed by atoms with E-state index in [4.69, 9.17) is 9.47 Å². The van der Waals surface area contributed by atoms with E-state index in [1.165, 1.54) is 4.90 Å². The van der Waals surface area contributed by atoms with Crippen LogP contribution in [0.25, 0.3) is 0 Å². The van der Waals surface area contributed by atoms with Crippen LogP contribution >= 0.6 is 0 Å². The van der Waals surface area contributed by atoms with E-state index < -0.39 is 36.0 Å². The van der Waals surface area contributed by atoms with E-state index in [-0.39, 0.29) is 12.6 Å². The Kier molecular flexibility index (Phi) is 5.58. The Labute approximate surface area is 159 Å². The molecule has 2 fully saturated rings. The number of alkyl carbamates (subject to hydrolysis) is 1. The van der Waals surface area contributed by atoms with Gasteiger partial charge in [-0.1, -0.05) is 30.3 Å². The predicted molar refractivity (Wildman–Crippen MR) is 97.9 cm³/mol. The first-order chi connectivity index (χ1) is 12.7. The number of halogens is 1. The van der Waals surface area contributed by atoms with Gasteiger partial charge in [-0.15, -0.1) is 0 Å². The Balaban J connectivity index is 1.56. The van der Waals surface area contributed by atoms with Gasteiger partial charge < -0.3 is 14.8 Å². The standard InChI is InChI=1S/C20H27FN2O4/c1-20(2,3)27-19(25)23-14-9-10-16(23)17(21)15(11-14)22-18(24)26-12-13-7-5-4-6-8-13/h4-8,14-17H,9-12H2,1-3H3,(H,22,24). The molecule has 0 radical (unpaired) electrons. The van der Waals surface area contributed by atoms with Crippen LogP contribution in [0, 0.1) is 0 Å². The van der Waals surface area contributed by atoms with Gasteiger partial charge in [0.2, 0.25) is 0 Å². The number of benzene rings is 1. The summed E-state index contributed by atoms with van der Waals surface area (Å²) in [4.78, 5) is 26.0. The maximum Gasteiger partial charge on any atom is 0.410 e. The maximum atomic E-state index is 15.0. The molecular formula is C20H27FN2O4. The molecule has 7 heteroatoms. The van der Waals surface area contributed by atoms with Crippen molar-refractivity contribution in [3.63, 3.8) is 0 Å². The third-order valence-electron chi connectivity index (χ3n) is 4.94. The lowest BCUT2D eigenvalue weighted by atomic mass is 9.96. The van der Waals surface area contributed by atoms with E-state index in [0.29, 0.717) is 19.3 Å². The molecule has 27 heavy (non-hydrogen) atoms. The molecule has 4 unspecified atom stereocenters. The summed E-state index contributed by atoms with van der Waals surface area (Å²) < 4.78 is 25.6. The van der Waals surface area contributed by atoms with Crippen LogP contribution in [0.15, 0.2) is 30.3 Å². The summed E-state index contributed by atoms with van der Waals surface area (Å²) in [5.41, 5.74) is 0.239. The highest BCUT2D eigenvalue weighted by Crippen LogP contribution is 2.38. The van der Waals surface area contributed by atoms with Crippen LogP contribution in [0.3, 0.4) is 0 Å². The average molecular weight is 378 g/mol. The van der Waals surface area contributed by atoms with Crippen LogP contribution in [0.5, 0.6) is 0 Å². The molecule has 2 aliphatic rings. The largest absolute Gasteiger partial charge is 0.445 e. The summed E-state index contributed by atoms with van der Waals surface area (Å²) in [6.07, 6.45) is -0.832. The Morgan fingerprint density at radius 3 is 2.59 bits per heavy atom. The molecule has 1 N–H and O–H groups in total. The predicted octanol–water partition coefficient (Wildman–Crippen LogP) is 3.79. The third kappa shape index (κ3) is 4.70. The molecule has 2 amide bonds. The number of piperidine rings is 1. The number of nitrogens with zero attached hydrogens (tertiary/aromatic N) is 1. The molecule has 2 aliphatic heterocycles. The minimum absolute atomic E-state index is 0.128. The molecule has 0 aliphatic carbocycles. The van der Waals surface area contributed by atoms with Crippen molar-refractivity contribution in [3.05, 3.63) is 35.9 Å². The van der Waals surface area contributed by atoms with Crippen molar-refractivity contribution in [2.75, 3.05) is 0 Å². The second kappa shape index (κ2) is 7.74. The van der Waals surface area contributed by atoms with Crippen molar-refractivity contribution in [2.24, 2.45) is 0 Å². The Morgan fingerprint density at radius 2 is 1.93 bits per heavy atom. The molecule has 0 spiro atoms. The van der Waals surface area contributed by atoms with Crippen LogP contribution in [-0.2, 0) is 16.1 Å². The van der Waals surface area contributed by atoms with Gasteiger partial charge >= 0.3 is 12.2 Å². The van der Waals surface area contributed by atoms with Crippen LogP contribution in [0.1, 0.15) is 45.6 Å². The summed E-state index contributed by atoms with van der Waals surface area (Å²) in [5, 5.41) is 2.63. The van der Waals surface area contributed by atoms with Crippen molar-refractivity contribution < 1.29 is 23.5 Å². The smallest absolute Gasteiger partial charge is 0.410 e. The first-order valence-corrected chi connectivity index (χ1v) is 9.37. The number of ether oxygens (including phenoxy) is 2. The molecule has 1 aromatic carbocycles. The number of carbonyl (C=O) groups excluding carboxylic acids is 2. The molecule has 1 aromatic rings. The zero-order valence-corrected chi connectivity index (χ0v) is 16.0. The van der Waals surface area contributed by atoms with E-state index >= 15 is 0 Å². The van der Waals surface area contributed by atoms with Crippen molar-refractivity contribution in [2.45, 2.75) is 76.5 Å². The lowest BCUT2D eigenvalue weighted by molar-refractivity contribution is -0.0133. The molecule has 2 bridgehead atoms. The van der Waals surface area contributed by atoms with Crippen LogP contribution < -0.4 is 5.32 Å². The molecule has 6 nitrogen and oxygen atoms in total. The minimum atomic E-state index is -1.35. The van der Waals surface area contributed by atoms with Crippen LogP contribution in [0.4, 0.5) is 14.0 Å². The summed E-state index contributed by atoms with van der Waals surface area (Å²) in [7, 11) is 0. The fourth-order valence-corrected chi connectivity index (χ4v) is 3.80. The lowest BCUT2D eigenvalue weighted by Gasteiger charge is -2.41. The van der Waals surface area contributed by atoms with Crippen molar-refractivity contribution in [1.82, 2.24) is 10.2 Å². The fraction of sp³-hybridized carbons (Fsp3) is 0.600. The first-order valence-electron chi connectivity index (χ1n) is 9.37. The zero-order chi connectivity index (χ0) is 19.6. The van der Waals surface area contributed by atoms with Gasteiger partial charge in [0, 0.05) is 6.04 Å². The molecule has 4 atom stereocenters. The average Bonchev–Trinajstić information content (AvgIpc) is 2.95. The molecule has 3 rings (SSSR count). The topological polar surface area (TPSA) is 67.9 Å². The van der Waals surface area contributed by atoms with Gasteiger partial charge in [-0.25, -0.2) is 14.0 Å². The highest BCUT2D eigenvalue weighted by molar-refractivity contribution is 5.70. The summed E-state index contributed by atoms with van der Waals surface area (Å²) in [6, 6.07) is 7.94. The first kappa shape index (κ1) is 19.5. The normalized spacial score (nSPS) is 27.2. The van der Waals surface area contributed by atoms with Crippen molar-refractivity contribution in [1.29, 1.82) is 0 Å². The molecule has 2 saturated heterocycles. The monoisotopic (exact) mass is 378 g/mol. The van der Waals surface area contributed by atoms with Crippen molar-refractivity contribution in [3.8, 4) is 0 Å². The second-order valence-corrected chi connectivity index (χ2v) is 8.18. The van der Waals surface area contributed by atoms with E-state index in [2.05, 4.69) is 5.32 Å². The minimum Gasteiger partial charge on any atom is -0.445 e. The summed E-state index contributed by atoms with van der Waals surface area (Å²) in [6.45, 7) is 5.50. The molecule has 2 heterocycles. The van der Waals surface area contributed by atoms with Crippen LogP contribution in [0.2, 0.25) is 0 Å². The number of alkyl halides is 1. The number of rotatable bonds is 3.